The van der Waals surface area contributed by atoms with E-state index in [2.05, 4.69) is 0 Å². The van der Waals surface area contributed by atoms with Crippen LogP contribution in [0.3, 0.4) is 0 Å². The SMILES string of the molecule is CCCC[C@@H]1SC[C@@H](C(=O)O)C[C@@H]1P(=O)(OCOC(=O)CC)OCOC(=O)CC.CCCC[C@H]1SC[C@@H](C(=O)O)C[C@H]1P(=O)(OCOC(=O)CC)OCOC(=O)CC. The van der Waals surface area contributed by atoms with Crippen LogP contribution in [0.15, 0.2) is 0 Å². The standard InChI is InChI=1S/2C18H31O9PS/c2*1-4-7-8-15-14(9-13(10-29-15)18(21)22)28(23,26-11-24-16(19)5-2)27-12-25-17(20)6-3/h2*13-15H,4-12H2,1-3H3,(H,21,22)/t13-,14+,15+;13-,14-,15-/m00/s1. The third-order valence-electron chi connectivity index (χ3n) is 9.09. The molecule has 0 aromatic carbocycles. The van der Waals surface area contributed by atoms with Crippen LogP contribution in [-0.2, 0) is 74.9 Å². The molecule has 2 aliphatic heterocycles. The summed E-state index contributed by atoms with van der Waals surface area (Å²) >= 11 is 2.87. The number of unbranched alkanes of at least 4 members (excludes halogenated alkanes) is 2. The Morgan fingerprint density at radius 2 is 0.793 bits per heavy atom. The number of carbonyl (C=O) groups is 6. The molecule has 2 N–H and O–H groups in total. The summed E-state index contributed by atoms with van der Waals surface area (Å²) in [6, 6.07) is 0. The molecule has 0 bridgehead atoms. The van der Waals surface area contributed by atoms with Crippen LogP contribution < -0.4 is 0 Å². The zero-order valence-electron chi connectivity index (χ0n) is 34.3. The fourth-order valence-corrected chi connectivity index (χ4v) is 13.7. The van der Waals surface area contributed by atoms with Crippen molar-refractivity contribution < 1.29 is 85.2 Å². The summed E-state index contributed by atoms with van der Waals surface area (Å²) < 4.78 is 68.3. The third kappa shape index (κ3) is 19.5. The Labute approximate surface area is 349 Å². The zero-order chi connectivity index (χ0) is 43.7. The highest BCUT2D eigenvalue weighted by atomic mass is 32.2. The Morgan fingerprint density at radius 1 is 0.517 bits per heavy atom. The van der Waals surface area contributed by atoms with Crippen molar-refractivity contribution in [3.63, 3.8) is 0 Å². The summed E-state index contributed by atoms with van der Waals surface area (Å²) in [6.45, 7) is 8.19. The van der Waals surface area contributed by atoms with Crippen LogP contribution in [0.2, 0.25) is 0 Å². The van der Waals surface area contributed by atoms with Crippen LogP contribution in [0.25, 0.3) is 0 Å². The molecule has 0 unspecified atom stereocenters. The van der Waals surface area contributed by atoms with Crippen molar-refractivity contribution in [3.05, 3.63) is 0 Å². The minimum atomic E-state index is -3.94. The highest BCUT2D eigenvalue weighted by Crippen LogP contribution is 2.61. The largest absolute Gasteiger partial charge is 0.481 e. The first-order valence-electron chi connectivity index (χ1n) is 19.6. The molecule has 22 heteroatoms. The summed E-state index contributed by atoms with van der Waals surface area (Å²) in [7, 11) is -7.88. The number of carbonyl (C=O) groups excluding carboxylic acids is 4. The topological polar surface area (TPSA) is 251 Å². The van der Waals surface area contributed by atoms with Crippen LogP contribution in [0.1, 0.15) is 119 Å². The van der Waals surface area contributed by atoms with E-state index in [1.807, 2.05) is 13.8 Å². The smallest absolute Gasteiger partial charge is 0.340 e. The number of aliphatic carboxylic acids is 2. The van der Waals surface area contributed by atoms with Crippen LogP contribution in [0, 0.1) is 11.8 Å². The molecule has 2 fully saturated rings. The van der Waals surface area contributed by atoms with Crippen LogP contribution >= 0.6 is 38.7 Å². The van der Waals surface area contributed by atoms with Crippen molar-refractivity contribution in [2.24, 2.45) is 11.8 Å². The summed E-state index contributed by atoms with van der Waals surface area (Å²) in [6.07, 6.45) is 5.78. The lowest BCUT2D eigenvalue weighted by Crippen LogP contribution is -2.37. The number of carboxylic acids is 2. The van der Waals surface area contributed by atoms with Gasteiger partial charge in [-0.05, 0) is 25.7 Å². The second-order valence-corrected chi connectivity index (χ2v) is 20.3. The van der Waals surface area contributed by atoms with Gasteiger partial charge in [0, 0.05) is 47.7 Å². The van der Waals surface area contributed by atoms with Gasteiger partial charge in [-0.15, -0.1) is 0 Å². The van der Waals surface area contributed by atoms with Crippen LogP contribution in [-0.4, -0.2) is 107 Å². The number of carboxylic acid groups (broad SMARTS) is 2. The molecular weight excluding hydrogens is 846 g/mol. The van der Waals surface area contributed by atoms with E-state index in [1.165, 1.54) is 23.5 Å². The van der Waals surface area contributed by atoms with Gasteiger partial charge in [0.15, 0.2) is 0 Å². The molecule has 0 saturated carbocycles. The molecular formula is C36H62O18P2S2. The Morgan fingerprint density at radius 3 is 1.02 bits per heavy atom. The maximum atomic E-state index is 13.6. The van der Waals surface area contributed by atoms with Gasteiger partial charge in [-0.3, -0.25) is 56.0 Å². The average Bonchev–Trinajstić information content (AvgIpc) is 3.21. The van der Waals surface area contributed by atoms with Crippen molar-refractivity contribution in [1.29, 1.82) is 0 Å². The molecule has 2 saturated heterocycles. The summed E-state index contributed by atoms with van der Waals surface area (Å²) in [5.41, 5.74) is -1.43. The van der Waals surface area contributed by atoms with E-state index in [1.54, 1.807) is 27.7 Å². The molecule has 0 amide bonds. The van der Waals surface area contributed by atoms with Crippen molar-refractivity contribution in [2.75, 3.05) is 38.7 Å². The maximum absolute atomic E-state index is 13.6. The Hall–Kier alpha value is -2.18. The molecule has 2 heterocycles. The summed E-state index contributed by atoms with van der Waals surface area (Å²) in [4.78, 5) is 68.5. The summed E-state index contributed by atoms with van der Waals surface area (Å²) in [5.74, 6) is -4.63. The lowest BCUT2D eigenvalue weighted by atomic mass is 10.0. The molecule has 0 radical (unpaired) electrons. The highest BCUT2D eigenvalue weighted by molar-refractivity contribution is 8.00. The van der Waals surface area contributed by atoms with Crippen molar-refractivity contribution in [3.8, 4) is 0 Å². The molecule has 58 heavy (non-hydrogen) atoms. The molecule has 0 aromatic rings. The van der Waals surface area contributed by atoms with Gasteiger partial charge in [-0.25, -0.2) is 0 Å². The first-order valence-corrected chi connectivity index (χ1v) is 24.9. The monoisotopic (exact) mass is 908 g/mol. The Kier molecular flexibility index (Phi) is 27.0. The fourth-order valence-electron chi connectivity index (χ4n) is 5.62. The quantitative estimate of drug-likeness (QED) is 0.0367. The van der Waals surface area contributed by atoms with Crippen molar-refractivity contribution in [2.45, 2.75) is 140 Å². The number of thioether (sulfide) groups is 2. The number of rotatable bonds is 26. The van der Waals surface area contributed by atoms with Gasteiger partial charge < -0.3 is 29.2 Å². The van der Waals surface area contributed by atoms with E-state index in [-0.39, 0.29) is 49.0 Å². The highest BCUT2D eigenvalue weighted by Gasteiger charge is 2.48. The Bertz CT molecular complexity index is 1250. The molecule has 0 aliphatic carbocycles. The first kappa shape index (κ1) is 53.8. The predicted molar refractivity (Wildman–Crippen MR) is 215 cm³/mol. The lowest BCUT2D eigenvalue weighted by molar-refractivity contribution is -0.154. The van der Waals surface area contributed by atoms with Crippen LogP contribution in [0.5, 0.6) is 0 Å². The van der Waals surface area contributed by atoms with E-state index in [0.29, 0.717) is 11.5 Å². The third-order valence-corrected chi connectivity index (χ3v) is 17.3. The van der Waals surface area contributed by atoms with Gasteiger partial charge >= 0.3 is 51.0 Å². The zero-order valence-corrected chi connectivity index (χ0v) is 37.8. The van der Waals surface area contributed by atoms with E-state index in [4.69, 9.17) is 37.0 Å². The average molecular weight is 909 g/mol. The van der Waals surface area contributed by atoms with Gasteiger partial charge in [-0.2, -0.15) is 23.5 Å². The van der Waals surface area contributed by atoms with Gasteiger partial charge in [-0.1, -0.05) is 67.2 Å². The molecule has 336 valence electrons. The molecule has 0 aromatic heterocycles. The van der Waals surface area contributed by atoms with E-state index >= 15 is 0 Å². The van der Waals surface area contributed by atoms with Gasteiger partial charge in [0.25, 0.3) is 0 Å². The molecule has 0 spiro atoms. The predicted octanol–water partition coefficient (Wildman–Crippen LogP) is 7.60. The minimum absolute atomic E-state index is 0.109. The van der Waals surface area contributed by atoms with Gasteiger partial charge in [0.05, 0.1) is 23.2 Å². The van der Waals surface area contributed by atoms with Crippen molar-refractivity contribution >= 4 is 74.5 Å². The van der Waals surface area contributed by atoms with Gasteiger partial charge in [0.2, 0.25) is 27.2 Å². The second-order valence-electron chi connectivity index (χ2n) is 13.3. The van der Waals surface area contributed by atoms with E-state index in [9.17, 15) is 48.1 Å². The normalized spacial score (nSPS) is 22.1. The molecule has 2 aliphatic rings. The molecule has 2 rings (SSSR count). The first-order chi connectivity index (χ1) is 27.5. The summed E-state index contributed by atoms with van der Waals surface area (Å²) in [5, 5.41) is 18.6. The minimum Gasteiger partial charge on any atom is -0.481 e. The lowest BCUT2D eigenvalue weighted by Gasteiger charge is -2.37. The van der Waals surface area contributed by atoms with E-state index in [0.717, 1.165) is 38.5 Å². The Balaban J connectivity index is 0.000000580. The fraction of sp³-hybridized carbons (Fsp3) is 0.833. The van der Waals surface area contributed by atoms with Crippen molar-refractivity contribution in [1.82, 2.24) is 0 Å². The maximum Gasteiger partial charge on any atom is 0.340 e. The molecule has 6 atom stereocenters. The van der Waals surface area contributed by atoms with Crippen LogP contribution in [0.4, 0.5) is 0 Å². The van der Waals surface area contributed by atoms with Gasteiger partial charge in [0.1, 0.15) is 0 Å². The second kappa shape index (κ2) is 29.1. The molecule has 18 nitrogen and oxygen atoms in total. The van der Waals surface area contributed by atoms with E-state index < -0.39 is 101 Å². The number of ether oxygens (including phenoxy) is 4. The number of hydrogen-bond acceptors (Lipinski definition) is 18. The number of hydrogen-bond donors (Lipinski definition) is 2. The number of esters is 4.